The number of hydrogen-bond donors (Lipinski definition) is 2. The molecule has 106 valence electrons. The molecule has 2 rings (SSSR count). The van der Waals surface area contributed by atoms with Crippen molar-refractivity contribution in [1.29, 1.82) is 0 Å². The zero-order chi connectivity index (χ0) is 14.4. The molecule has 20 heavy (non-hydrogen) atoms. The van der Waals surface area contributed by atoms with Crippen molar-refractivity contribution in [3.05, 3.63) is 41.7 Å². The van der Waals surface area contributed by atoms with Crippen molar-refractivity contribution in [1.82, 2.24) is 9.97 Å². The summed E-state index contributed by atoms with van der Waals surface area (Å²) in [6.07, 6.45) is 3.53. The van der Waals surface area contributed by atoms with Crippen LogP contribution >= 0.6 is 0 Å². The van der Waals surface area contributed by atoms with Gasteiger partial charge in [-0.15, -0.1) is 0 Å². The van der Waals surface area contributed by atoms with Gasteiger partial charge in [-0.2, -0.15) is 0 Å². The van der Waals surface area contributed by atoms with Crippen LogP contribution in [-0.4, -0.2) is 15.9 Å². The highest BCUT2D eigenvalue weighted by atomic mass is 16.4. The van der Waals surface area contributed by atoms with Gasteiger partial charge in [0.1, 0.15) is 18.1 Å². The van der Waals surface area contributed by atoms with Crippen LogP contribution in [-0.2, 0) is 13.0 Å². The number of oxazole rings is 1. The number of rotatable bonds is 5. The number of aromatic nitrogens is 2. The summed E-state index contributed by atoms with van der Waals surface area (Å²) in [6.45, 7) is 4.37. The fourth-order valence-corrected chi connectivity index (χ4v) is 1.72. The summed E-state index contributed by atoms with van der Waals surface area (Å²) >= 11 is 0. The van der Waals surface area contributed by atoms with Crippen LogP contribution in [0.5, 0.6) is 0 Å². The van der Waals surface area contributed by atoms with Gasteiger partial charge in [-0.1, -0.05) is 13.0 Å². The quantitative estimate of drug-likeness (QED) is 0.644. The number of anilines is 1. The highest BCUT2D eigenvalue weighted by Gasteiger charge is 2.08. The molecule has 0 aromatic carbocycles. The topological polar surface area (TPSA) is 89.3 Å². The van der Waals surface area contributed by atoms with Crippen LogP contribution < -0.4 is 11.1 Å². The molecule has 2 heterocycles. The van der Waals surface area contributed by atoms with E-state index in [2.05, 4.69) is 27.2 Å². The third-order valence-electron chi connectivity index (χ3n) is 2.71. The number of pyridine rings is 1. The van der Waals surface area contributed by atoms with E-state index in [9.17, 15) is 0 Å². The summed E-state index contributed by atoms with van der Waals surface area (Å²) in [5, 5.41) is 2.92. The Morgan fingerprint density at radius 1 is 1.45 bits per heavy atom. The lowest BCUT2D eigenvalue weighted by Crippen LogP contribution is -2.23. The maximum absolute atomic E-state index is 5.81. The molecule has 0 bridgehead atoms. The van der Waals surface area contributed by atoms with Gasteiger partial charge in [0, 0.05) is 12.6 Å². The second-order valence-corrected chi connectivity index (χ2v) is 4.41. The van der Waals surface area contributed by atoms with E-state index in [1.54, 1.807) is 6.20 Å². The molecule has 0 atom stereocenters. The van der Waals surface area contributed by atoms with Crippen LogP contribution in [0, 0.1) is 6.92 Å². The zero-order valence-electron chi connectivity index (χ0n) is 11.8. The van der Waals surface area contributed by atoms with E-state index < -0.39 is 0 Å². The second-order valence-electron chi connectivity index (χ2n) is 4.41. The number of nitrogens with two attached hydrogens (primary N) is 1. The predicted octanol–water partition coefficient (Wildman–Crippen LogP) is 2.26. The van der Waals surface area contributed by atoms with Gasteiger partial charge < -0.3 is 15.5 Å². The second kappa shape index (κ2) is 6.70. The van der Waals surface area contributed by atoms with Gasteiger partial charge in [-0.3, -0.25) is 0 Å². The van der Waals surface area contributed by atoms with E-state index in [4.69, 9.17) is 10.2 Å². The van der Waals surface area contributed by atoms with E-state index >= 15 is 0 Å². The Labute approximate surface area is 118 Å². The standard InChI is InChI=1S/C14H19N5O/c1-3-6-13-18-10(2)11(20-13)9-17-14(15)19-12-7-4-5-8-16-12/h4-5,7-8H,3,6,9H2,1-2H3,(H3,15,16,17,19). The van der Waals surface area contributed by atoms with E-state index in [0.717, 1.165) is 30.2 Å². The summed E-state index contributed by atoms with van der Waals surface area (Å²) in [7, 11) is 0. The van der Waals surface area contributed by atoms with Gasteiger partial charge in [0.15, 0.2) is 11.9 Å². The van der Waals surface area contributed by atoms with Gasteiger partial charge in [-0.05, 0) is 25.5 Å². The average molecular weight is 273 g/mol. The first kappa shape index (κ1) is 14.0. The normalized spacial score (nSPS) is 11.6. The van der Waals surface area contributed by atoms with Crippen molar-refractivity contribution in [3.8, 4) is 0 Å². The van der Waals surface area contributed by atoms with Crippen molar-refractivity contribution in [2.45, 2.75) is 33.2 Å². The third kappa shape index (κ3) is 3.81. The number of hydrogen-bond acceptors (Lipinski definition) is 4. The fraction of sp³-hybridized carbons (Fsp3) is 0.357. The van der Waals surface area contributed by atoms with Crippen LogP contribution in [0.2, 0.25) is 0 Å². The number of nitrogens with one attached hydrogen (secondary N) is 1. The minimum Gasteiger partial charge on any atom is -0.443 e. The molecule has 0 aliphatic carbocycles. The molecule has 0 saturated heterocycles. The van der Waals surface area contributed by atoms with E-state index in [1.165, 1.54) is 0 Å². The number of aryl methyl sites for hydroxylation is 2. The molecule has 0 unspecified atom stereocenters. The molecular formula is C14H19N5O. The fourth-order valence-electron chi connectivity index (χ4n) is 1.72. The summed E-state index contributed by atoms with van der Waals surface area (Å²) in [5.74, 6) is 2.47. The molecule has 0 saturated carbocycles. The number of guanidine groups is 1. The molecule has 0 spiro atoms. The molecule has 3 N–H and O–H groups in total. The molecule has 0 aliphatic rings. The monoisotopic (exact) mass is 273 g/mol. The molecule has 6 nitrogen and oxygen atoms in total. The van der Waals surface area contributed by atoms with Crippen LogP contribution in [0.25, 0.3) is 0 Å². The minimum absolute atomic E-state index is 0.302. The van der Waals surface area contributed by atoms with Gasteiger partial charge in [0.05, 0.1) is 5.69 Å². The van der Waals surface area contributed by atoms with Crippen LogP contribution in [0.15, 0.2) is 33.8 Å². The van der Waals surface area contributed by atoms with Crippen molar-refractivity contribution in [2.75, 3.05) is 5.32 Å². The van der Waals surface area contributed by atoms with Crippen molar-refractivity contribution in [2.24, 2.45) is 10.7 Å². The average Bonchev–Trinajstić information content (AvgIpc) is 2.78. The molecule has 0 aliphatic heterocycles. The van der Waals surface area contributed by atoms with Crippen molar-refractivity contribution in [3.63, 3.8) is 0 Å². The summed E-state index contributed by atoms with van der Waals surface area (Å²) < 4.78 is 5.64. The molecule has 2 aromatic heterocycles. The number of aliphatic imine (C=N–C) groups is 1. The minimum atomic E-state index is 0.302. The first-order valence-electron chi connectivity index (χ1n) is 6.62. The van der Waals surface area contributed by atoms with E-state index in [-0.39, 0.29) is 0 Å². The Morgan fingerprint density at radius 2 is 2.30 bits per heavy atom. The molecular weight excluding hydrogens is 254 g/mol. The molecule has 0 radical (unpaired) electrons. The molecule has 0 amide bonds. The Morgan fingerprint density at radius 3 is 3.00 bits per heavy atom. The first-order valence-corrected chi connectivity index (χ1v) is 6.62. The van der Waals surface area contributed by atoms with E-state index in [0.29, 0.717) is 18.3 Å². The lowest BCUT2D eigenvalue weighted by Gasteiger charge is -2.03. The van der Waals surface area contributed by atoms with Crippen molar-refractivity contribution < 1.29 is 4.42 Å². The maximum Gasteiger partial charge on any atom is 0.194 e. The molecule has 2 aromatic rings. The highest BCUT2D eigenvalue weighted by molar-refractivity contribution is 5.91. The Balaban J connectivity index is 1.98. The molecule has 6 heteroatoms. The smallest absolute Gasteiger partial charge is 0.194 e. The Bertz CT molecular complexity index is 577. The Hall–Kier alpha value is -2.37. The van der Waals surface area contributed by atoms with Gasteiger partial charge in [-0.25, -0.2) is 15.0 Å². The SMILES string of the molecule is CCCc1nc(C)c(CN=C(N)Nc2ccccn2)o1. The summed E-state index contributed by atoms with van der Waals surface area (Å²) in [5.41, 5.74) is 6.67. The Kier molecular flexibility index (Phi) is 4.70. The zero-order valence-corrected chi connectivity index (χ0v) is 11.8. The van der Waals surface area contributed by atoms with Gasteiger partial charge in [0.2, 0.25) is 0 Å². The van der Waals surface area contributed by atoms with Crippen LogP contribution in [0.4, 0.5) is 5.82 Å². The van der Waals surface area contributed by atoms with Gasteiger partial charge >= 0.3 is 0 Å². The highest BCUT2D eigenvalue weighted by Crippen LogP contribution is 2.12. The lowest BCUT2D eigenvalue weighted by molar-refractivity contribution is 0.453. The maximum atomic E-state index is 5.81. The van der Waals surface area contributed by atoms with E-state index in [1.807, 2.05) is 25.1 Å². The molecule has 0 fully saturated rings. The summed E-state index contributed by atoms with van der Waals surface area (Å²) in [6, 6.07) is 5.54. The summed E-state index contributed by atoms with van der Waals surface area (Å²) in [4.78, 5) is 12.7. The van der Waals surface area contributed by atoms with Crippen LogP contribution in [0.1, 0.15) is 30.7 Å². The van der Waals surface area contributed by atoms with Crippen molar-refractivity contribution >= 4 is 11.8 Å². The first-order chi connectivity index (χ1) is 9.69. The third-order valence-corrected chi connectivity index (χ3v) is 2.71. The predicted molar refractivity (Wildman–Crippen MR) is 78.4 cm³/mol. The lowest BCUT2D eigenvalue weighted by atomic mass is 10.3. The largest absolute Gasteiger partial charge is 0.443 e. The van der Waals surface area contributed by atoms with Gasteiger partial charge in [0.25, 0.3) is 0 Å². The van der Waals surface area contributed by atoms with Crippen LogP contribution in [0.3, 0.4) is 0 Å². The number of nitrogens with zero attached hydrogens (tertiary/aromatic N) is 3.